The predicted octanol–water partition coefficient (Wildman–Crippen LogP) is 4.84. The van der Waals surface area contributed by atoms with Crippen LogP contribution < -0.4 is 4.74 Å². The first-order valence-corrected chi connectivity index (χ1v) is 7.86. The first-order chi connectivity index (χ1) is 10.2. The fourth-order valence-electron chi connectivity index (χ4n) is 2.38. The van der Waals surface area contributed by atoms with E-state index < -0.39 is 6.10 Å². The van der Waals surface area contributed by atoms with Crippen molar-refractivity contribution in [2.45, 2.75) is 12.5 Å². The topological polar surface area (TPSA) is 29.5 Å². The monoisotopic (exact) mass is 318 g/mol. The van der Waals surface area contributed by atoms with Crippen molar-refractivity contribution in [2.75, 3.05) is 7.11 Å². The quantitative estimate of drug-likeness (QED) is 0.746. The predicted molar refractivity (Wildman–Crippen MR) is 88.5 cm³/mol. The lowest BCUT2D eigenvalue weighted by atomic mass is 10.1. The van der Waals surface area contributed by atoms with Crippen LogP contribution in [0.4, 0.5) is 0 Å². The SMILES string of the molecule is COc1ccc(Cl)cc1CC(O)c1cc2ccccc2s1. The van der Waals surface area contributed by atoms with Crippen molar-refractivity contribution in [1.82, 2.24) is 0 Å². The van der Waals surface area contributed by atoms with Crippen LogP contribution in [0, 0.1) is 0 Å². The van der Waals surface area contributed by atoms with E-state index in [9.17, 15) is 5.11 Å². The van der Waals surface area contributed by atoms with Gasteiger partial charge < -0.3 is 9.84 Å². The summed E-state index contributed by atoms with van der Waals surface area (Å²) < 4.78 is 6.51. The zero-order valence-electron chi connectivity index (χ0n) is 11.5. The van der Waals surface area contributed by atoms with E-state index >= 15 is 0 Å². The molecular formula is C17H15ClO2S. The van der Waals surface area contributed by atoms with Gasteiger partial charge >= 0.3 is 0 Å². The molecule has 0 aliphatic rings. The molecule has 2 aromatic carbocycles. The van der Waals surface area contributed by atoms with Gasteiger partial charge in [0.15, 0.2) is 0 Å². The highest BCUT2D eigenvalue weighted by molar-refractivity contribution is 7.19. The van der Waals surface area contributed by atoms with E-state index in [2.05, 4.69) is 12.1 Å². The summed E-state index contributed by atoms with van der Waals surface area (Å²) in [6.45, 7) is 0. The van der Waals surface area contributed by atoms with Crippen molar-refractivity contribution in [1.29, 1.82) is 0 Å². The molecule has 0 saturated heterocycles. The molecule has 0 aliphatic carbocycles. The Balaban J connectivity index is 1.89. The Bertz CT molecular complexity index is 733. The van der Waals surface area contributed by atoms with Gasteiger partial charge in [-0.25, -0.2) is 0 Å². The van der Waals surface area contributed by atoms with E-state index in [1.807, 2.05) is 30.3 Å². The molecule has 1 N–H and O–H groups in total. The lowest BCUT2D eigenvalue weighted by Gasteiger charge is -2.12. The van der Waals surface area contributed by atoms with Crippen LogP contribution in [-0.4, -0.2) is 12.2 Å². The summed E-state index contributed by atoms with van der Waals surface area (Å²) in [7, 11) is 1.62. The maximum atomic E-state index is 10.5. The molecule has 0 radical (unpaired) electrons. The highest BCUT2D eigenvalue weighted by Crippen LogP contribution is 2.33. The Morgan fingerprint density at radius 2 is 2.00 bits per heavy atom. The van der Waals surface area contributed by atoms with E-state index in [0.29, 0.717) is 11.4 Å². The summed E-state index contributed by atoms with van der Waals surface area (Å²) in [5, 5.41) is 12.3. The van der Waals surface area contributed by atoms with Crippen LogP contribution in [0.1, 0.15) is 16.5 Å². The minimum absolute atomic E-state index is 0.483. The third-order valence-electron chi connectivity index (χ3n) is 3.43. The third-order valence-corrected chi connectivity index (χ3v) is 4.88. The number of rotatable bonds is 4. The molecule has 1 heterocycles. The van der Waals surface area contributed by atoms with E-state index in [-0.39, 0.29) is 0 Å². The van der Waals surface area contributed by atoms with Gasteiger partial charge in [-0.3, -0.25) is 0 Å². The van der Waals surface area contributed by atoms with Crippen molar-refractivity contribution in [3.05, 3.63) is 64.0 Å². The molecule has 0 bridgehead atoms. The molecule has 0 spiro atoms. The minimum Gasteiger partial charge on any atom is -0.496 e. The molecule has 4 heteroatoms. The van der Waals surface area contributed by atoms with Crippen LogP contribution in [0.25, 0.3) is 10.1 Å². The molecule has 21 heavy (non-hydrogen) atoms. The van der Waals surface area contributed by atoms with Crippen molar-refractivity contribution in [3.8, 4) is 5.75 Å². The molecule has 0 amide bonds. The standard InChI is InChI=1S/C17H15ClO2S/c1-20-15-7-6-13(18)8-12(15)9-14(19)17-10-11-4-2-3-5-16(11)21-17/h2-8,10,14,19H,9H2,1H3. The Morgan fingerprint density at radius 3 is 2.76 bits per heavy atom. The highest BCUT2D eigenvalue weighted by Gasteiger charge is 2.15. The van der Waals surface area contributed by atoms with Crippen molar-refractivity contribution < 1.29 is 9.84 Å². The van der Waals surface area contributed by atoms with Crippen molar-refractivity contribution in [2.24, 2.45) is 0 Å². The van der Waals surface area contributed by atoms with Gasteiger partial charge in [-0.15, -0.1) is 11.3 Å². The van der Waals surface area contributed by atoms with Gasteiger partial charge in [0, 0.05) is 21.0 Å². The number of halogens is 1. The van der Waals surface area contributed by atoms with Gasteiger partial charge in [0.05, 0.1) is 13.2 Å². The van der Waals surface area contributed by atoms with Crippen molar-refractivity contribution in [3.63, 3.8) is 0 Å². The van der Waals surface area contributed by atoms with Gasteiger partial charge in [-0.1, -0.05) is 29.8 Å². The molecule has 1 atom stereocenters. The number of aliphatic hydroxyl groups is 1. The summed E-state index contributed by atoms with van der Waals surface area (Å²) in [6.07, 6.45) is -0.0777. The highest BCUT2D eigenvalue weighted by atomic mass is 35.5. The zero-order valence-corrected chi connectivity index (χ0v) is 13.1. The van der Waals surface area contributed by atoms with Gasteiger partial charge in [-0.05, 0) is 41.3 Å². The second-order valence-corrected chi connectivity index (χ2v) is 6.41. The van der Waals surface area contributed by atoms with E-state index in [4.69, 9.17) is 16.3 Å². The Morgan fingerprint density at radius 1 is 1.19 bits per heavy atom. The Labute approximate surface area is 132 Å². The van der Waals surface area contributed by atoms with Crippen LogP contribution in [-0.2, 0) is 6.42 Å². The van der Waals surface area contributed by atoms with Gasteiger partial charge in [0.2, 0.25) is 0 Å². The number of thiophene rings is 1. The second kappa shape index (κ2) is 6.06. The van der Waals surface area contributed by atoms with Gasteiger partial charge in [-0.2, -0.15) is 0 Å². The Hall–Kier alpha value is -1.55. The lowest BCUT2D eigenvalue weighted by Crippen LogP contribution is -2.01. The molecule has 108 valence electrons. The number of ether oxygens (including phenoxy) is 1. The first-order valence-electron chi connectivity index (χ1n) is 6.66. The third kappa shape index (κ3) is 3.05. The summed E-state index contributed by atoms with van der Waals surface area (Å²) in [5.74, 6) is 0.750. The van der Waals surface area contributed by atoms with Crippen LogP contribution >= 0.6 is 22.9 Å². The van der Waals surface area contributed by atoms with Crippen LogP contribution in [0.2, 0.25) is 5.02 Å². The summed E-state index contributed by atoms with van der Waals surface area (Å²) in [6, 6.07) is 15.6. The fourth-order valence-corrected chi connectivity index (χ4v) is 3.63. The largest absolute Gasteiger partial charge is 0.496 e. The second-order valence-electron chi connectivity index (χ2n) is 4.86. The smallest absolute Gasteiger partial charge is 0.122 e. The van der Waals surface area contributed by atoms with E-state index in [1.54, 1.807) is 24.5 Å². The summed E-state index contributed by atoms with van der Waals surface area (Å²) in [5.41, 5.74) is 0.912. The first kappa shape index (κ1) is 14.4. The fraction of sp³-hybridized carbons (Fsp3) is 0.176. The number of benzene rings is 2. The number of aliphatic hydroxyl groups excluding tert-OH is 1. The van der Waals surface area contributed by atoms with Gasteiger partial charge in [0.25, 0.3) is 0 Å². The van der Waals surface area contributed by atoms with Gasteiger partial charge in [0.1, 0.15) is 5.75 Å². The molecule has 0 saturated carbocycles. The van der Waals surface area contributed by atoms with E-state index in [1.165, 1.54) is 4.70 Å². The number of fused-ring (bicyclic) bond motifs is 1. The van der Waals surface area contributed by atoms with Crippen LogP contribution in [0.5, 0.6) is 5.75 Å². The number of hydrogen-bond donors (Lipinski definition) is 1. The molecule has 1 unspecified atom stereocenters. The molecular weight excluding hydrogens is 304 g/mol. The number of methoxy groups -OCH3 is 1. The average Bonchev–Trinajstić information content (AvgIpc) is 2.91. The molecule has 1 aromatic heterocycles. The summed E-state index contributed by atoms with van der Waals surface area (Å²) in [4.78, 5) is 0.957. The van der Waals surface area contributed by atoms with Crippen molar-refractivity contribution >= 4 is 33.0 Å². The Kier molecular flexibility index (Phi) is 4.15. The minimum atomic E-state index is -0.560. The van der Waals surface area contributed by atoms with Crippen LogP contribution in [0.3, 0.4) is 0 Å². The lowest BCUT2D eigenvalue weighted by molar-refractivity contribution is 0.181. The molecule has 3 aromatic rings. The zero-order chi connectivity index (χ0) is 14.8. The van der Waals surface area contributed by atoms with E-state index in [0.717, 1.165) is 21.6 Å². The summed E-state index contributed by atoms with van der Waals surface area (Å²) >= 11 is 7.65. The maximum Gasteiger partial charge on any atom is 0.122 e. The van der Waals surface area contributed by atoms with Crippen LogP contribution in [0.15, 0.2) is 48.5 Å². The molecule has 0 fully saturated rings. The molecule has 0 aliphatic heterocycles. The molecule has 3 rings (SSSR count). The normalized spacial score (nSPS) is 12.5. The maximum absolute atomic E-state index is 10.5. The number of hydrogen-bond acceptors (Lipinski definition) is 3. The average molecular weight is 319 g/mol. The molecule has 2 nitrogen and oxygen atoms in total.